The Morgan fingerprint density at radius 2 is 2.40 bits per heavy atom. The van der Waals surface area contributed by atoms with Gasteiger partial charge in [-0.1, -0.05) is 11.6 Å². The summed E-state index contributed by atoms with van der Waals surface area (Å²) >= 11 is 9.25. The number of aromatic nitrogens is 1. The third-order valence-corrected chi connectivity index (χ3v) is 2.91. The van der Waals surface area contributed by atoms with Gasteiger partial charge < -0.3 is 5.73 Å². The van der Waals surface area contributed by atoms with E-state index < -0.39 is 0 Å². The Morgan fingerprint density at radius 3 is 2.93 bits per heavy atom. The molecule has 1 atom stereocenters. The fourth-order valence-corrected chi connectivity index (χ4v) is 2.28. The number of carbonyl (C=O) groups excluding carboxylic acids is 1. The SMILES string of the molecule is NC1CC(=O)N(c2ncc(Br)cc2Cl)C1. The average molecular weight is 291 g/mol. The van der Waals surface area contributed by atoms with Crippen LogP contribution in [0.4, 0.5) is 5.82 Å². The number of nitrogens with zero attached hydrogens (tertiary/aromatic N) is 2. The van der Waals surface area contributed by atoms with Gasteiger partial charge in [0.2, 0.25) is 5.91 Å². The molecule has 2 rings (SSSR count). The maximum Gasteiger partial charge on any atom is 0.229 e. The van der Waals surface area contributed by atoms with Crippen molar-refractivity contribution in [1.82, 2.24) is 4.98 Å². The summed E-state index contributed by atoms with van der Waals surface area (Å²) in [5.41, 5.74) is 5.69. The highest BCUT2D eigenvalue weighted by Gasteiger charge is 2.30. The number of nitrogens with two attached hydrogens (primary N) is 1. The Kier molecular flexibility index (Phi) is 2.95. The zero-order valence-corrected chi connectivity index (χ0v) is 10.1. The van der Waals surface area contributed by atoms with Gasteiger partial charge in [-0.2, -0.15) is 0 Å². The van der Waals surface area contributed by atoms with Crippen molar-refractivity contribution in [2.45, 2.75) is 12.5 Å². The highest BCUT2D eigenvalue weighted by atomic mass is 79.9. The van der Waals surface area contributed by atoms with E-state index in [9.17, 15) is 4.79 Å². The van der Waals surface area contributed by atoms with Crippen LogP contribution in [0.5, 0.6) is 0 Å². The molecule has 15 heavy (non-hydrogen) atoms. The van der Waals surface area contributed by atoms with Crippen LogP contribution in [0.3, 0.4) is 0 Å². The third-order valence-electron chi connectivity index (χ3n) is 2.20. The number of halogens is 2. The van der Waals surface area contributed by atoms with E-state index in [4.69, 9.17) is 17.3 Å². The van der Waals surface area contributed by atoms with Crippen LogP contribution in [0.15, 0.2) is 16.7 Å². The van der Waals surface area contributed by atoms with Gasteiger partial charge in [-0.15, -0.1) is 0 Å². The summed E-state index contributed by atoms with van der Waals surface area (Å²) < 4.78 is 0.784. The third kappa shape index (κ3) is 2.14. The fraction of sp³-hybridized carbons (Fsp3) is 0.333. The first-order valence-corrected chi connectivity index (χ1v) is 5.62. The fourth-order valence-electron chi connectivity index (χ4n) is 1.55. The lowest BCUT2D eigenvalue weighted by Crippen LogP contribution is -2.28. The van der Waals surface area contributed by atoms with Gasteiger partial charge in [-0.25, -0.2) is 4.98 Å². The second-order valence-electron chi connectivity index (χ2n) is 3.43. The van der Waals surface area contributed by atoms with Gasteiger partial charge in [-0.3, -0.25) is 9.69 Å². The molecule has 0 radical (unpaired) electrons. The lowest BCUT2D eigenvalue weighted by atomic mass is 10.3. The van der Waals surface area contributed by atoms with Crippen molar-refractivity contribution < 1.29 is 4.79 Å². The van der Waals surface area contributed by atoms with E-state index in [0.717, 1.165) is 4.47 Å². The minimum Gasteiger partial charge on any atom is -0.326 e. The highest BCUT2D eigenvalue weighted by molar-refractivity contribution is 9.10. The summed E-state index contributed by atoms with van der Waals surface area (Å²) in [6.45, 7) is 0.479. The molecule has 2 heterocycles. The molecule has 4 nitrogen and oxygen atoms in total. The summed E-state index contributed by atoms with van der Waals surface area (Å²) in [6, 6.07) is 1.58. The molecule has 1 amide bonds. The molecule has 0 bridgehead atoms. The molecule has 1 aromatic rings. The number of hydrogen-bond acceptors (Lipinski definition) is 3. The largest absolute Gasteiger partial charge is 0.326 e. The minimum absolute atomic E-state index is 0.0285. The molecular formula is C9H9BrClN3O. The minimum atomic E-state index is -0.126. The predicted molar refractivity (Wildman–Crippen MR) is 61.9 cm³/mol. The summed E-state index contributed by atoms with van der Waals surface area (Å²) in [5.74, 6) is 0.456. The zero-order valence-electron chi connectivity index (χ0n) is 7.78. The van der Waals surface area contributed by atoms with Gasteiger partial charge in [-0.05, 0) is 22.0 Å². The molecule has 1 aliphatic heterocycles. The quantitative estimate of drug-likeness (QED) is 0.854. The van der Waals surface area contributed by atoms with Crippen molar-refractivity contribution in [3.8, 4) is 0 Å². The molecular weight excluding hydrogens is 281 g/mol. The molecule has 80 valence electrons. The smallest absolute Gasteiger partial charge is 0.229 e. The van der Waals surface area contributed by atoms with Crippen molar-refractivity contribution in [3.63, 3.8) is 0 Å². The molecule has 0 aromatic carbocycles. The molecule has 0 saturated carbocycles. The molecule has 1 unspecified atom stereocenters. The average Bonchev–Trinajstić information content (AvgIpc) is 2.45. The van der Waals surface area contributed by atoms with E-state index in [1.807, 2.05) is 0 Å². The van der Waals surface area contributed by atoms with E-state index in [0.29, 0.717) is 23.8 Å². The van der Waals surface area contributed by atoms with Crippen molar-refractivity contribution in [2.24, 2.45) is 5.73 Å². The molecule has 1 saturated heterocycles. The summed E-state index contributed by atoms with van der Waals surface area (Å²) in [4.78, 5) is 17.2. The van der Waals surface area contributed by atoms with Crippen LogP contribution in [0, 0.1) is 0 Å². The van der Waals surface area contributed by atoms with E-state index in [1.54, 1.807) is 12.3 Å². The Labute approximate surface area is 101 Å². The molecule has 1 aromatic heterocycles. The van der Waals surface area contributed by atoms with Crippen molar-refractivity contribution >= 4 is 39.3 Å². The molecule has 0 aliphatic carbocycles. The number of pyridine rings is 1. The van der Waals surface area contributed by atoms with E-state index >= 15 is 0 Å². The summed E-state index contributed by atoms with van der Waals surface area (Å²) in [6.07, 6.45) is 1.96. The van der Waals surface area contributed by atoms with Crippen LogP contribution in [0.2, 0.25) is 5.02 Å². The van der Waals surface area contributed by atoms with Gasteiger partial charge in [0, 0.05) is 29.7 Å². The lowest BCUT2D eigenvalue weighted by molar-refractivity contribution is -0.117. The van der Waals surface area contributed by atoms with Crippen molar-refractivity contribution in [1.29, 1.82) is 0 Å². The van der Waals surface area contributed by atoms with Crippen LogP contribution < -0.4 is 10.6 Å². The standard InChI is InChI=1S/C9H9BrClN3O/c10-5-1-7(11)9(13-3-5)14-4-6(12)2-8(14)15/h1,3,6H,2,4,12H2. The number of rotatable bonds is 1. The molecule has 6 heteroatoms. The van der Waals surface area contributed by atoms with Crippen LogP contribution >= 0.6 is 27.5 Å². The van der Waals surface area contributed by atoms with E-state index in [-0.39, 0.29) is 11.9 Å². The van der Waals surface area contributed by atoms with Crippen LogP contribution in [0.1, 0.15) is 6.42 Å². The van der Waals surface area contributed by atoms with Crippen LogP contribution in [0.25, 0.3) is 0 Å². The number of amides is 1. The van der Waals surface area contributed by atoms with E-state index in [1.165, 1.54) is 4.90 Å². The summed E-state index contributed by atoms with van der Waals surface area (Å²) in [5, 5.41) is 0.451. The Balaban J connectivity index is 2.34. The van der Waals surface area contributed by atoms with Gasteiger partial charge >= 0.3 is 0 Å². The molecule has 0 spiro atoms. The summed E-state index contributed by atoms with van der Waals surface area (Å²) in [7, 11) is 0. The topological polar surface area (TPSA) is 59.2 Å². The second kappa shape index (κ2) is 4.08. The van der Waals surface area contributed by atoms with Crippen LogP contribution in [-0.2, 0) is 4.79 Å². The molecule has 1 aliphatic rings. The second-order valence-corrected chi connectivity index (χ2v) is 4.75. The number of carbonyl (C=O) groups is 1. The Bertz CT molecular complexity index is 412. The Hall–Kier alpha value is -0.650. The zero-order chi connectivity index (χ0) is 11.0. The molecule has 1 fully saturated rings. The monoisotopic (exact) mass is 289 g/mol. The first kappa shape index (κ1) is 10.9. The molecule has 2 N–H and O–H groups in total. The normalized spacial score (nSPS) is 21.1. The van der Waals surface area contributed by atoms with E-state index in [2.05, 4.69) is 20.9 Å². The lowest BCUT2D eigenvalue weighted by Gasteiger charge is -2.16. The number of hydrogen-bond donors (Lipinski definition) is 1. The van der Waals surface area contributed by atoms with Gasteiger partial charge in [0.1, 0.15) is 0 Å². The Morgan fingerprint density at radius 1 is 1.67 bits per heavy atom. The predicted octanol–water partition coefficient (Wildman–Crippen LogP) is 1.56. The van der Waals surface area contributed by atoms with Gasteiger partial charge in [0.05, 0.1) is 5.02 Å². The first-order valence-electron chi connectivity index (χ1n) is 4.45. The van der Waals surface area contributed by atoms with Crippen molar-refractivity contribution in [3.05, 3.63) is 21.8 Å². The van der Waals surface area contributed by atoms with Gasteiger partial charge in [0.25, 0.3) is 0 Å². The number of anilines is 1. The van der Waals surface area contributed by atoms with Crippen molar-refractivity contribution in [2.75, 3.05) is 11.4 Å². The van der Waals surface area contributed by atoms with Gasteiger partial charge in [0.15, 0.2) is 5.82 Å². The van der Waals surface area contributed by atoms with Crippen LogP contribution in [-0.4, -0.2) is 23.5 Å². The highest BCUT2D eigenvalue weighted by Crippen LogP contribution is 2.28. The maximum atomic E-state index is 11.6. The first-order chi connectivity index (χ1) is 7.08. The maximum absolute atomic E-state index is 11.6.